The van der Waals surface area contributed by atoms with Gasteiger partial charge in [0.1, 0.15) is 11.6 Å². The van der Waals surface area contributed by atoms with Crippen LogP contribution in [0.2, 0.25) is 0 Å². The summed E-state index contributed by atoms with van der Waals surface area (Å²) in [4.78, 5) is 4.58. The van der Waals surface area contributed by atoms with E-state index in [-0.39, 0.29) is 24.0 Å². The van der Waals surface area contributed by atoms with Crippen LogP contribution in [0.1, 0.15) is 22.5 Å². The molecule has 0 unspecified atom stereocenters. The van der Waals surface area contributed by atoms with Crippen molar-refractivity contribution in [2.45, 2.75) is 26.9 Å². The fraction of sp³-hybridized carbons (Fsp3) is 0.174. The molecule has 150 valence electrons. The van der Waals surface area contributed by atoms with E-state index in [9.17, 15) is 8.78 Å². The molecule has 1 N–H and O–H groups in total. The molecule has 2 heterocycles. The highest BCUT2D eigenvalue weighted by molar-refractivity contribution is 5.87. The summed E-state index contributed by atoms with van der Waals surface area (Å²) < 4.78 is 29.0. The highest BCUT2D eigenvalue weighted by Gasteiger charge is 2.15. The summed E-state index contributed by atoms with van der Waals surface area (Å²) in [5, 5.41) is 4.45. The molecule has 0 atom stereocenters. The number of anilines is 1. The molecule has 0 spiro atoms. The van der Waals surface area contributed by atoms with Crippen molar-refractivity contribution in [1.29, 1.82) is 0 Å². The Bertz CT molecular complexity index is 1140. The Hall–Kier alpha value is -2.92. The Morgan fingerprint density at radius 2 is 1.72 bits per heavy atom. The Balaban J connectivity index is 0.00000240. The van der Waals surface area contributed by atoms with Crippen LogP contribution in [0.4, 0.5) is 14.5 Å². The lowest BCUT2D eigenvalue weighted by molar-refractivity contribution is 0.623. The molecular weight excluding hydrogens is 392 g/mol. The number of halogens is 3. The van der Waals surface area contributed by atoms with E-state index >= 15 is 0 Å². The highest BCUT2D eigenvalue weighted by Crippen LogP contribution is 2.28. The monoisotopic (exact) mass is 413 g/mol. The van der Waals surface area contributed by atoms with Gasteiger partial charge in [-0.15, -0.1) is 12.4 Å². The van der Waals surface area contributed by atoms with Gasteiger partial charge in [-0.05, 0) is 67.4 Å². The summed E-state index contributed by atoms with van der Waals surface area (Å²) >= 11 is 0. The van der Waals surface area contributed by atoms with Crippen LogP contribution in [-0.2, 0) is 13.1 Å². The molecule has 4 rings (SSSR count). The van der Waals surface area contributed by atoms with E-state index in [0.717, 1.165) is 33.5 Å². The molecule has 2 aromatic carbocycles. The third-order valence-corrected chi connectivity index (χ3v) is 5.16. The van der Waals surface area contributed by atoms with E-state index in [4.69, 9.17) is 0 Å². The summed E-state index contributed by atoms with van der Waals surface area (Å²) in [5.74, 6) is -0.499. The number of nitrogens with zero attached hydrogens (tertiary/aromatic N) is 2. The number of hydrogen-bond acceptors (Lipinski definition) is 2. The minimum Gasteiger partial charge on any atom is -0.379 e. The van der Waals surface area contributed by atoms with Gasteiger partial charge < -0.3 is 9.88 Å². The van der Waals surface area contributed by atoms with Crippen LogP contribution in [0.3, 0.4) is 0 Å². The normalized spacial score (nSPS) is 10.8. The molecule has 0 aliphatic heterocycles. The van der Waals surface area contributed by atoms with Crippen LogP contribution in [0, 0.1) is 25.5 Å². The average Bonchev–Trinajstić information content (AvgIpc) is 2.93. The Kier molecular flexibility index (Phi) is 6.18. The van der Waals surface area contributed by atoms with Crippen LogP contribution in [0.15, 0.2) is 60.8 Å². The molecule has 2 aromatic heterocycles. The van der Waals surface area contributed by atoms with Gasteiger partial charge in [-0.1, -0.05) is 12.1 Å². The first kappa shape index (κ1) is 20.8. The zero-order valence-corrected chi connectivity index (χ0v) is 17.1. The molecule has 0 bridgehead atoms. The molecule has 0 fully saturated rings. The zero-order valence-electron chi connectivity index (χ0n) is 16.2. The second-order valence-corrected chi connectivity index (χ2v) is 6.94. The van der Waals surface area contributed by atoms with Crippen LogP contribution < -0.4 is 5.32 Å². The van der Waals surface area contributed by atoms with E-state index in [2.05, 4.69) is 28.7 Å². The number of pyridine rings is 1. The van der Waals surface area contributed by atoms with Crippen molar-refractivity contribution in [2.75, 3.05) is 5.32 Å². The van der Waals surface area contributed by atoms with Crippen molar-refractivity contribution in [2.24, 2.45) is 0 Å². The van der Waals surface area contributed by atoms with Crippen molar-refractivity contribution in [1.82, 2.24) is 9.55 Å². The zero-order chi connectivity index (χ0) is 19.7. The molecule has 4 aromatic rings. The lowest BCUT2D eigenvalue weighted by Gasteiger charge is -2.13. The topological polar surface area (TPSA) is 29.9 Å². The summed E-state index contributed by atoms with van der Waals surface area (Å²) in [7, 11) is 0. The largest absolute Gasteiger partial charge is 0.379 e. The van der Waals surface area contributed by atoms with Gasteiger partial charge in [0.2, 0.25) is 0 Å². The van der Waals surface area contributed by atoms with Gasteiger partial charge in [-0.25, -0.2) is 8.78 Å². The number of nitrogens with one attached hydrogen (secondary N) is 1. The maximum Gasteiger partial charge on any atom is 0.123 e. The smallest absolute Gasteiger partial charge is 0.123 e. The van der Waals surface area contributed by atoms with Gasteiger partial charge in [-0.2, -0.15) is 0 Å². The van der Waals surface area contributed by atoms with E-state index in [1.54, 1.807) is 24.3 Å². The van der Waals surface area contributed by atoms with E-state index in [1.807, 2.05) is 18.3 Å². The lowest BCUT2D eigenvalue weighted by atomic mass is 10.1. The molecule has 3 nitrogen and oxygen atoms in total. The van der Waals surface area contributed by atoms with E-state index < -0.39 is 0 Å². The Labute approximate surface area is 174 Å². The van der Waals surface area contributed by atoms with Crippen LogP contribution >= 0.6 is 12.4 Å². The number of aromatic nitrogens is 2. The van der Waals surface area contributed by atoms with E-state index in [0.29, 0.717) is 13.1 Å². The maximum atomic E-state index is 13.6. The number of rotatable bonds is 5. The molecule has 0 aliphatic rings. The third kappa shape index (κ3) is 4.25. The number of hydrogen-bond donors (Lipinski definition) is 1. The van der Waals surface area contributed by atoms with Gasteiger partial charge in [0.25, 0.3) is 0 Å². The minimum absolute atomic E-state index is 0. The maximum absolute atomic E-state index is 13.6. The first-order chi connectivity index (χ1) is 13.5. The summed E-state index contributed by atoms with van der Waals surface area (Å²) in [5.41, 5.74) is 6.00. The van der Waals surface area contributed by atoms with Gasteiger partial charge in [0.15, 0.2) is 0 Å². The predicted molar refractivity (Wildman–Crippen MR) is 116 cm³/mol. The number of benzene rings is 2. The molecule has 0 aliphatic carbocycles. The summed E-state index contributed by atoms with van der Waals surface area (Å²) in [6, 6.07) is 15.0. The summed E-state index contributed by atoms with van der Waals surface area (Å²) in [6.07, 6.45) is 1.81. The number of fused-ring (bicyclic) bond motifs is 1. The molecular formula is C23H22ClF2N3. The fourth-order valence-electron chi connectivity index (χ4n) is 3.56. The van der Waals surface area contributed by atoms with Crippen LogP contribution in [0.5, 0.6) is 0 Å². The van der Waals surface area contributed by atoms with Crippen LogP contribution in [-0.4, -0.2) is 9.55 Å². The summed E-state index contributed by atoms with van der Waals surface area (Å²) in [6.45, 7) is 5.25. The lowest BCUT2D eigenvalue weighted by Crippen LogP contribution is -2.08. The predicted octanol–water partition coefficient (Wildman–Crippen LogP) is 6.01. The quantitative estimate of drug-likeness (QED) is 0.434. The van der Waals surface area contributed by atoms with Gasteiger partial charge >= 0.3 is 0 Å². The average molecular weight is 414 g/mol. The SMILES string of the molecule is Cc1c(C)n(Cc2cccc(F)c2)c2c(CNc3ccc(F)cc3)nccc12.Cl. The van der Waals surface area contributed by atoms with Crippen molar-refractivity contribution in [3.8, 4) is 0 Å². The molecule has 0 saturated carbocycles. The highest BCUT2D eigenvalue weighted by atomic mass is 35.5. The first-order valence-electron chi connectivity index (χ1n) is 9.20. The van der Waals surface area contributed by atoms with Gasteiger partial charge in [-0.3, -0.25) is 4.98 Å². The van der Waals surface area contributed by atoms with Crippen molar-refractivity contribution in [3.05, 3.63) is 94.9 Å². The van der Waals surface area contributed by atoms with Gasteiger partial charge in [0, 0.05) is 29.5 Å². The molecule has 0 saturated heterocycles. The second kappa shape index (κ2) is 8.62. The van der Waals surface area contributed by atoms with Crippen LogP contribution in [0.25, 0.3) is 10.9 Å². The number of aryl methyl sites for hydroxylation is 1. The van der Waals surface area contributed by atoms with Crippen molar-refractivity contribution in [3.63, 3.8) is 0 Å². The fourth-order valence-corrected chi connectivity index (χ4v) is 3.56. The Morgan fingerprint density at radius 3 is 2.45 bits per heavy atom. The van der Waals surface area contributed by atoms with Crippen molar-refractivity contribution >= 4 is 29.0 Å². The first-order valence-corrected chi connectivity index (χ1v) is 9.20. The minimum atomic E-state index is -0.263. The molecule has 0 amide bonds. The Morgan fingerprint density at radius 1 is 0.966 bits per heavy atom. The molecule has 0 radical (unpaired) electrons. The molecule has 6 heteroatoms. The third-order valence-electron chi connectivity index (χ3n) is 5.16. The van der Waals surface area contributed by atoms with Crippen molar-refractivity contribution < 1.29 is 8.78 Å². The molecule has 29 heavy (non-hydrogen) atoms. The second-order valence-electron chi connectivity index (χ2n) is 6.94. The standard InChI is InChI=1S/C23H21F2N3.ClH/c1-15-16(2)28(14-17-4-3-5-19(25)12-17)23-21(15)10-11-26-22(23)13-27-20-8-6-18(24)7-9-20;/h3-12,27H,13-14H2,1-2H3;1H. The van der Waals surface area contributed by atoms with Gasteiger partial charge in [0.05, 0.1) is 17.8 Å². The van der Waals surface area contributed by atoms with E-state index in [1.165, 1.54) is 23.8 Å².